The van der Waals surface area contributed by atoms with E-state index >= 15 is 0 Å². The maximum Gasteiger partial charge on any atom is 0.0482 e. The SMILES string of the molecule is NC1CCSCC1CO. The second-order valence-corrected chi connectivity index (χ2v) is 3.62. The highest BCUT2D eigenvalue weighted by atomic mass is 32.2. The van der Waals surface area contributed by atoms with Crippen molar-refractivity contribution in [3.63, 3.8) is 0 Å². The Morgan fingerprint density at radius 3 is 2.89 bits per heavy atom. The van der Waals surface area contributed by atoms with Crippen LogP contribution < -0.4 is 5.73 Å². The van der Waals surface area contributed by atoms with E-state index in [1.807, 2.05) is 11.8 Å². The van der Waals surface area contributed by atoms with Crippen molar-refractivity contribution < 1.29 is 5.11 Å². The summed E-state index contributed by atoms with van der Waals surface area (Å²) in [5, 5.41) is 8.77. The van der Waals surface area contributed by atoms with Gasteiger partial charge in [0.25, 0.3) is 0 Å². The van der Waals surface area contributed by atoms with Gasteiger partial charge in [-0.3, -0.25) is 0 Å². The van der Waals surface area contributed by atoms with Crippen molar-refractivity contribution in [3.8, 4) is 0 Å². The molecule has 0 amide bonds. The van der Waals surface area contributed by atoms with E-state index in [2.05, 4.69) is 0 Å². The highest BCUT2D eigenvalue weighted by Gasteiger charge is 2.20. The standard InChI is InChI=1S/C6H13NOS/c7-6-1-2-9-4-5(6)3-8/h5-6,8H,1-4,7H2. The molecule has 2 unspecified atom stereocenters. The molecule has 1 saturated heterocycles. The van der Waals surface area contributed by atoms with Crippen molar-refractivity contribution in [2.75, 3.05) is 18.1 Å². The molecule has 2 atom stereocenters. The van der Waals surface area contributed by atoms with E-state index in [1.54, 1.807) is 0 Å². The predicted molar refractivity (Wildman–Crippen MR) is 40.5 cm³/mol. The van der Waals surface area contributed by atoms with Gasteiger partial charge in [0.15, 0.2) is 0 Å². The summed E-state index contributed by atoms with van der Waals surface area (Å²) in [6.07, 6.45) is 1.07. The third-order valence-electron chi connectivity index (χ3n) is 1.77. The van der Waals surface area contributed by atoms with Gasteiger partial charge in [-0.2, -0.15) is 11.8 Å². The van der Waals surface area contributed by atoms with E-state index in [1.165, 1.54) is 0 Å². The van der Waals surface area contributed by atoms with Gasteiger partial charge in [0, 0.05) is 18.6 Å². The van der Waals surface area contributed by atoms with Crippen LogP contribution in [0.25, 0.3) is 0 Å². The lowest BCUT2D eigenvalue weighted by Gasteiger charge is -2.25. The second kappa shape index (κ2) is 3.44. The predicted octanol–water partition coefficient (Wildman–Crippen LogP) is 0.0591. The number of hydrogen-bond acceptors (Lipinski definition) is 3. The van der Waals surface area contributed by atoms with Gasteiger partial charge in [0.1, 0.15) is 0 Å². The van der Waals surface area contributed by atoms with Gasteiger partial charge < -0.3 is 10.8 Å². The van der Waals surface area contributed by atoms with Crippen LogP contribution in [0.4, 0.5) is 0 Å². The van der Waals surface area contributed by atoms with E-state index in [0.717, 1.165) is 17.9 Å². The Balaban J connectivity index is 2.30. The summed E-state index contributed by atoms with van der Waals surface area (Å²) in [6.45, 7) is 0.258. The van der Waals surface area contributed by atoms with Crippen LogP contribution >= 0.6 is 11.8 Å². The molecular weight excluding hydrogens is 134 g/mol. The van der Waals surface area contributed by atoms with Crippen molar-refractivity contribution in [1.29, 1.82) is 0 Å². The van der Waals surface area contributed by atoms with Gasteiger partial charge in [-0.25, -0.2) is 0 Å². The molecule has 3 heteroatoms. The zero-order valence-corrected chi connectivity index (χ0v) is 6.23. The zero-order chi connectivity index (χ0) is 6.69. The first-order valence-corrected chi connectivity index (χ1v) is 4.44. The van der Waals surface area contributed by atoms with E-state index in [9.17, 15) is 0 Å². The molecule has 1 heterocycles. The molecule has 1 aliphatic heterocycles. The minimum atomic E-state index is 0.247. The summed E-state index contributed by atoms with van der Waals surface area (Å²) >= 11 is 1.89. The Morgan fingerprint density at radius 2 is 2.44 bits per heavy atom. The molecule has 0 aliphatic carbocycles. The molecule has 3 N–H and O–H groups in total. The number of hydrogen-bond donors (Lipinski definition) is 2. The molecule has 9 heavy (non-hydrogen) atoms. The Bertz CT molecular complexity index is 89.1. The topological polar surface area (TPSA) is 46.2 Å². The fraction of sp³-hybridized carbons (Fsp3) is 1.00. The third kappa shape index (κ3) is 1.85. The van der Waals surface area contributed by atoms with Crippen LogP contribution in [-0.2, 0) is 0 Å². The van der Waals surface area contributed by atoms with Crippen molar-refractivity contribution >= 4 is 11.8 Å². The number of thioether (sulfide) groups is 1. The Hall–Kier alpha value is 0.270. The molecule has 1 aliphatic rings. The average molecular weight is 147 g/mol. The molecular formula is C6H13NOS. The molecule has 0 aromatic rings. The minimum absolute atomic E-state index is 0.247. The summed E-state index contributed by atoms with van der Waals surface area (Å²) < 4.78 is 0. The van der Waals surface area contributed by atoms with Gasteiger partial charge >= 0.3 is 0 Å². The third-order valence-corrected chi connectivity index (χ3v) is 2.96. The van der Waals surface area contributed by atoms with Crippen LogP contribution in [-0.4, -0.2) is 29.3 Å². The number of aliphatic hydroxyl groups excluding tert-OH is 1. The molecule has 0 saturated carbocycles. The van der Waals surface area contributed by atoms with Gasteiger partial charge in [-0.1, -0.05) is 0 Å². The summed E-state index contributed by atoms with van der Waals surface area (Å²) in [7, 11) is 0. The van der Waals surface area contributed by atoms with Gasteiger partial charge in [-0.05, 0) is 17.9 Å². The molecule has 0 bridgehead atoms. The normalized spacial score (nSPS) is 36.7. The van der Waals surface area contributed by atoms with Crippen LogP contribution in [0.5, 0.6) is 0 Å². The highest BCUT2D eigenvalue weighted by Crippen LogP contribution is 2.20. The summed E-state index contributed by atoms with van der Waals surface area (Å²) in [6, 6.07) is 0.247. The van der Waals surface area contributed by atoms with Gasteiger partial charge in [0.2, 0.25) is 0 Å². The number of rotatable bonds is 1. The van der Waals surface area contributed by atoms with Crippen molar-refractivity contribution in [1.82, 2.24) is 0 Å². The lowest BCUT2D eigenvalue weighted by atomic mass is 10.0. The first-order chi connectivity index (χ1) is 4.34. The van der Waals surface area contributed by atoms with Crippen LogP contribution in [0.2, 0.25) is 0 Å². The monoisotopic (exact) mass is 147 g/mol. The van der Waals surface area contributed by atoms with Crippen LogP contribution in [0.3, 0.4) is 0 Å². The summed E-state index contributed by atoms with van der Waals surface area (Å²) in [5.74, 6) is 2.55. The maximum absolute atomic E-state index is 8.77. The molecule has 54 valence electrons. The number of nitrogens with two attached hydrogens (primary N) is 1. The Labute approximate surface area is 59.8 Å². The van der Waals surface area contributed by atoms with E-state index in [0.29, 0.717) is 5.92 Å². The van der Waals surface area contributed by atoms with Crippen molar-refractivity contribution in [2.24, 2.45) is 11.7 Å². The first-order valence-electron chi connectivity index (χ1n) is 3.28. The van der Waals surface area contributed by atoms with Crippen LogP contribution in [0.1, 0.15) is 6.42 Å². The van der Waals surface area contributed by atoms with Gasteiger partial charge in [0.05, 0.1) is 0 Å². The smallest absolute Gasteiger partial charge is 0.0482 e. The van der Waals surface area contributed by atoms with Gasteiger partial charge in [-0.15, -0.1) is 0 Å². The van der Waals surface area contributed by atoms with E-state index in [4.69, 9.17) is 10.8 Å². The molecule has 0 aromatic carbocycles. The average Bonchev–Trinajstić information content (AvgIpc) is 1.89. The minimum Gasteiger partial charge on any atom is -0.396 e. The Morgan fingerprint density at radius 1 is 1.67 bits per heavy atom. The van der Waals surface area contributed by atoms with E-state index in [-0.39, 0.29) is 12.6 Å². The molecule has 0 spiro atoms. The highest BCUT2D eigenvalue weighted by molar-refractivity contribution is 7.99. The molecule has 2 nitrogen and oxygen atoms in total. The molecule has 1 rings (SSSR count). The molecule has 0 radical (unpaired) electrons. The largest absolute Gasteiger partial charge is 0.396 e. The van der Waals surface area contributed by atoms with E-state index < -0.39 is 0 Å². The maximum atomic E-state index is 8.77. The lowest BCUT2D eigenvalue weighted by Crippen LogP contribution is -2.37. The first kappa shape index (κ1) is 7.38. The zero-order valence-electron chi connectivity index (χ0n) is 5.42. The number of aliphatic hydroxyl groups is 1. The van der Waals surface area contributed by atoms with Crippen LogP contribution in [0.15, 0.2) is 0 Å². The van der Waals surface area contributed by atoms with Crippen molar-refractivity contribution in [2.45, 2.75) is 12.5 Å². The summed E-state index contributed by atoms with van der Waals surface area (Å²) in [4.78, 5) is 0. The van der Waals surface area contributed by atoms with Crippen LogP contribution in [0, 0.1) is 5.92 Å². The molecule has 1 fully saturated rings. The lowest BCUT2D eigenvalue weighted by molar-refractivity contribution is 0.215. The fourth-order valence-corrected chi connectivity index (χ4v) is 2.26. The Kier molecular flexibility index (Phi) is 2.82. The second-order valence-electron chi connectivity index (χ2n) is 2.47. The van der Waals surface area contributed by atoms with Crippen molar-refractivity contribution in [3.05, 3.63) is 0 Å². The fourth-order valence-electron chi connectivity index (χ4n) is 1.00. The quantitative estimate of drug-likeness (QED) is 0.551. The molecule has 0 aromatic heterocycles. The summed E-state index contributed by atoms with van der Waals surface area (Å²) in [5.41, 5.74) is 5.72.